The lowest BCUT2D eigenvalue weighted by molar-refractivity contribution is 0.555. The Bertz CT molecular complexity index is 705. The van der Waals surface area contributed by atoms with Crippen molar-refractivity contribution in [2.75, 3.05) is 25.9 Å². The lowest BCUT2D eigenvalue weighted by Crippen LogP contribution is -2.39. The van der Waals surface area contributed by atoms with Gasteiger partial charge in [0.15, 0.2) is 5.96 Å². The summed E-state index contributed by atoms with van der Waals surface area (Å²) >= 11 is 1.50. The first kappa shape index (κ1) is 22.8. The zero-order chi connectivity index (χ0) is 18.1. The van der Waals surface area contributed by atoms with Gasteiger partial charge in [0, 0.05) is 43.0 Å². The number of nitrogens with zero attached hydrogens (tertiary/aromatic N) is 3. The predicted molar refractivity (Wildman–Crippen MR) is 118 cm³/mol. The maximum atomic E-state index is 13.5. The summed E-state index contributed by atoms with van der Waals surface area (Å²) in [5.41, 5.74) is 2.24. The van der Waals surface area contributed by atoms with E-state index in [2.05, 4.69) is 33.7 Å². The second-order valence-corrected chi connectivity index (χ2v) is 6.85. The van der Waals surface area contributed by atoms with Crippen LogP contribution in [0.4, 0.5) is 4.39 Å². The molecule has 1 heterocycles. The number of aryl methyl sites for hydroxylation is 3. The van der Waals surface area contributed by atoms with Crippen molar-refractivity contribution in [1.82, 2.24) is 20.4 Å². The Kier molecular flexibility index (Phi) is 10.6. The third kappa shape index (κ3) is 7.53. The van der Waals surface area contributed by atoms with Gasteiger partial charge >= 0.3 is 0 Å². The Morgan fingerprint density at radius 1 is 1.23 bits per heavy atom. The molecule has 0 saturated carbocycles. The quantitative estimate of drug-likeness (QED) is 0.195. The maximum Gasteiger partial charge on any atom is 0.191 e. The Balaban J connectivity index is 0.00000338. The first-order chi connectivity index (χ1) is 12.1. The van der Waals surface area contributed by atoms with E-state index in [1.165, 1.54) is 23.5 Å². The molecule has 26 heavy (non-hydrogen) atoms. The lowest BCUT2D eigenvalue weighted by Gasteiger charge is -2.12. The average molecular weight is 491 g/mol. The van der Waals surface area contributed by atoms with E-state index < -0.39 is 0 Å². The molecule has 2 aromatic rings. The van der Waals surface area contributed by atoms with E-state index in [-0.39, 0.29) is 29.8 Å². The van der Waals surface area contributed by atoms with Gasteiger partial charge in [0.25, 0.3) is 0 Å². The molecular formula is C18H27FIN5S. The minimum atomic E-state index is -0.167. The van der Waals surface area contributed by atoms with Gasteiger partial charge in [0.2, 0.25) is 0 Å². The smallest absolute Gasteiger partial charge is 0.191 e. The summed E-state index contributed by atoms with van der Waals surface area (Å²) in [6.45, 7) is 6.50. The molecule has 0 saturated heterocycles. The number of nitrogens with one attached hydrogen (secondary N) is 2. The Morgan fingerprint density at radius 3 is 2.62 bits per heavy atom. The number of aliphatic imine (C=N–C) groups is 1. The van der Waals surface area contributed by atoms with Crippen LogP contribution < -0.4 is 10.6 Å². The molecule has 0 bridgehead atoms. The van der Waals surface area contributed by atoms with Gasteiger partial charge in [0.05, 0.1) is 5.69 Å². The van der Waals surface area contributed by atoms with Crippen LogP contribution in [-0.2, 0) is 6.54 Å². The summed E-state index contributed by atoms with van der Waals surface area (Å²) in [6.07, 6.45) is 0.965. The monoisotopic (exact) mass is 491 g/mol. The molecule has 144 valence electrons. The third-order valence-electron chi connectivity index (χ3n) is 3.65. The van der Waals surface area contributed by atoms with Crippen LogP contribution in [0.25, 0.3) is 0 Å². The highest BCUT2D eigenvalue weighted by atomic mass is 127. The second kappa shape index (κ2) is 12.2. The van der Waals surface area contributed by atoms with E-state index >= 15 is 0 Å². The topological polar surface area (TPSA) is 54.2 Å². The van der Waals surface area contributed by atoms with Crippen LogP contribution in [0.1, 0.15) is 17.8 Å². The molecular weight excluding hydrogens is 464 g/mol. The number of rotatable bonds is 8. The fourth-order valence-corrected chi connectivity index (χ4v) is 3.25. The molecule has 0 aliphatic heterocycles. The van der Waals surface area contributed by atoms with Gasteiger partial charge in [-0.05, 0) is 38.5 Å². The van der Waals surface area contributed by atoms with E-state index in [1.54, 1.807) is 19.2 Å². The molecule has 0 fully saturated rings. The first-order valence-electron chi connectivity index (χ1n) is 8.43. The summed E-state index contributed by atoms with van der Waals surface area (Å²) in [4.78, 5) is 4.88. The minimum absolute atomic E-state index is 0. The fourth-order valence-electron chi connectivity index (χ4n) is 2.45. The number of hydrogen-bond acceptors (Lipinski definition) is 3. The van der Waals surface area contributed by atoms with Crippen LogP contribution in [0.3, 0.4) is 0 Å². The maximum absolute atomic E-state index is 13.5. The highest BCUT2D eigenvalue weighted by Crippen LogP contribution is 2.20. The zero-order valence-corrected chi connectivity index (χ0v) is 18.6. The van der Waals surface area contributed by atoms with Gasteiger partial charge in [0.1, 0.15) is 5.82 Å². The summed E-state index contributed by atoms with van der Waals surface area (Å²) < 4.78 is 15.6. The van der Waals surface area contributed by atoms with E-state index in [9.17, 15) is 4.39 Å². The largest absolute Gasteiger partial charge is 0.356 e. The molecule has 0 atom stereocenters. The van der Waals surface area contributed by atoms with Crippen LogP contribution >= 0.6 is 35.7 Å². The number of benzene rings is 1. The van der Waals surface area contributed by atoms with E-state index in [1.807, 2.05) is 17.7 Å². The predicted octanol–water partition coefficient (Wildman–Crippen LogP) is 3.60. The Labute approximate surface area is 176 Å². The number of hydrogen-bond donors (Lipinski definition) is 2. The minimum Gasteiger partial charge on any atom is -0.356 e. The molecule has 0 unspecified atom stereocenters. The van der Waals surface area contributed by atoms with Crippen molar-refractivity contribution < 1.29 is 4.39 Å². The van der Waals surface area contributed by atoms with E-state index in [0.29, 0.717) is 4.90 Å². The summed E-state index contributed by atoms with van der Waals surface area (Å²) in [7, 11) is 1.75. The molecule has 8 heteroatoms. The molecule has 1 aromatic carbocycles. The number of aromatic nitrogens is 2. The standard InChI is InChI=1S/C18H26FN5S.HI/c1-14-13-15(2)24(23-14)11-6-9-21-18(20-3)22-10-12-25-17-8-5-4-7-16(17)19;/h4-5,7-8,13H,6,9-12H2,1-3H3,(H2,20,21,22);1H. The molecule has 0 radical (unpaired) electrons. The van der Waals surface area contributed by atoms with Crippen LogP contribution in [0.2, 0.25) is 0 Å². The molecule has 0 amide bonds. The van der Waals surface area contributed by atoms with Crippen molar-refractivity contribution in [3.8, 4) is 0 Å². The van der Waals surface area contributed by atoms with Crippen LogP contribution in [0, 0.1) is 19.7 Å². The number of halogens is 2. The van der Waals surface area contributed by atoms with Crippen molar-refractivity contribution >= 4 is 41.7 Å². The summed E-state index contributed by atoms with van der Waals surface area (Å²) in [5.74, 6) is 1.37. The molecule has 0 aliphatic carbocycles. The Hall–Kier alpha value is -1.29. The third-order valence-corrected chi connectivity index (χ3v) is 4.71. The lowest BCUT2D eigenvalue weighted by atomic mass is 10.3. The fraction of sp³-hybridized carbons (Fsp3) is 0.444. The van der Waals surface area contributed by atoms with Gasteiger partial charge in [-0.25, -0.2) is 4.39 Å². The summed E-state index contributed by atoms with van der Waals surface area (Å²) in [6, 6.07) is 8.92. The van der Waals surface area contributed by atoms with Gasteiger partial charge in [-0.1, -0.05) is 12.1 Å². The van der Waals surface area contributed by atoms with Gasteiger partial charge in [-0.2, -0.15) is 5.10 Å². The molecule has 2 rings (SSSR count). The second-order valence-electron chi connectivity index (χ2n) is 5.71. The average Bonchev–Trinajstić information content (AvgIpc) is 2.92. The van der Waals surface area contributed by atoms with Crippen molar-refractivity contribution in [2.24, 2.45) is 4.99 Å². The van der Waals surface area contributed by atoms with E-state index in [4.69, 9.17) is 0 Å². The molecule has 0 spiro atoms. The molecule has 1 aromatic heterocycles. The van der Waals surface area contributed by atoms with Gasteiger partial charge in [-0.15, -0.1) is 35.7 Å². The number of thioether (sulfide) groups is 1. The normalized spacial score (nSPS) is 11.2. The molecule has 2 N–H and O–H groups in total. The van der Waals surface area contributed by atoms with Gasteiger partial charge < -0.3 is 10.6 Å². The molecule has 5 nitrogen and oxygen atoms in total. The molecule has 0 aliphatic rings. The highest BCUT2D eigenvalue weighted by Gasteiger charge is 2.03. The van der Waals surface area contributed by atoms with Gasteiger partial charge in [-0.3, -0.25) is 9.67 Å². The zero-order valence-electron chi connectivity index (χ0n) is 15.5. The SMILES string of the molecule is CN=C(NCCCn1nc(C)cc1C)NCCSc1ccccc1F.I. The Morgan fingerprint density at radius 2 is 1.96 bits per heavy atom. The van der Waals surface area contributed by atoms with Crippen LogP contribution in [-0.4, -0.2) is 41.6 Å². The number of guanidine groups is 1. The summed E-state index contributed by atoms with van der Waals surface area (Å²) in [5, 5.41) is 11.0. The van der Waals surface area contributed by atoms with Crippen molar-refractivity contribution in [2.45, 2.75) is 31.7 Å². The van der Waals surface area contributed by atoms with E-state index in [0.717, 1.165) is 43.5 Å². The highest BCUT2D eigenvalue weighted by molar-refractivity contribution is 14.0. The van der Waals surface area contributed by atoms with Crippen molar-refractivity contribution in [3.63, 3.8) is 0 Å². The van der Waals surface area contributed by atoms with Crippen molar-refractivity contribution in [3.05, 3.63) is 47.5 Å². The van der Waals surface area contributed by atoms with Crippen molar-refractivity contribution in [1.29, 1.82) is 0 Å². The van der Waals surface area contributed by atoms with Crippen LogP contribution in [0.15, 0.2) is 40.2 Å². The van der Waals surface area contributed by atoms with Crippen LogP contribution in [0.5, 0.6) is 0 Å². The first-order valence-corrected chi connectivity index (χ1v) is 9.41.